The molecule has 1 aliphatic carbocycles. The predicted molar refractivity (Wildman–Crippen MR) is 76.2 cm³/mol. The van der Waals surface area contributed by atoms with E-state index >= 15 is 0 Å². The average Bonchev–Trinajstić information content (AvgIpc) is 3.20. The second kappa shape index (κ2) is 6.10. The molecule has 0 saturated heterocycles. The van der Waals surface area contributed by atoms with Crippen LogP contribution in [0.15, 0.2) is 12.1 Å². The van der Waals surface area contributed by atoms with Gasteiger partial charge in [-0.1, -0.05) is 13.8 Å². The number of nitrogens with two attached hydrogens (primary N) is 1. The monoisotopic (exact) mass is 265 g/mol. The first-order valence-electron chi connectivity index (χ1n) is 6.87. The van der Waals surface area contributed by atoms with Crippen LogP contribution in [0.4, 0.5) is 11.5 Å². The quantitative estimate of drug-likeness (QED) is 0.701. The molecule has 19 heavy (non-hydrogen) atoms. The molecule has 2 rings (SSSR count). The van der Waals surface area contributed by atoms with Gasteiger partial charge >= 0.3 is 0 Å². The summed E-state index contributed by atoms with van der Waals surface area (Å²) in [4.78, 5) is 4.33. The largest absolute Gasteiger partial charge is 0.476 e. The van der Waals surface area contributed by atoms with Crippen molar-refractivity contribution in [2.24, 2.45) is 11.8 Å². The Morgan fingerprint density at radius 3 is 2.84 bits per heavy atom. The minimum Gasteiger partial charge on any atom is -0.476 e. The van der Waals surface area contributed by atoms with Gasteiger partial charge in [-0.3, -0.25) is 0 Å². The third-order valence-corrected chi connectivity index (χ3v) is 3.10. The highest BCUT2D eigenvalue weighted by Crippen LogP contribution is 2.32. The van der Waals surface area contributed by atoms with E-state index in [0.717, 1.165) is 12.8 Å². The number of ether oxygens (including phenoxy) is 1. The number of anilines is 2. The summed E-state index contributed by atoms with van der Waals surface area (Å²) in [5, 5.41) is 12.9. The summed E-state index contributed by atoms with van der Waals surface area (Å²) in [6.07, 6.45) is 1.96. The summed E-state index contributed by atoms with van der Waals surface area (Å²) in [5.74, 6) is 2.03. The van der Waals surface area contributed by atoms with Crippen molar-refractivity contribution in [3.05, 3.63) is 12.1 Å². The Morgan fingerprint density at radius 2 is 2.21 bits per heavy atom. The van der Waals surface area contributed by atoms with Crippen molar-refractivity contribution in [1.82, 2.24) is 4.98 Å². The topological polar surface area (TPSA) is 80.4 Å². The zero-order chi connectivity index (χ0) is 13.8. The van der Waals surface area contributed by atoms with Gasteiger partial charge in [-0.05, 0) is 36.8 Å². The normalized spacial score (nSPS) is 16.4. The Bertz CT molecular complexity index is 419. The van der Waals surface area contributed by atoms with Gasteiger partial charge in [0.25, 0.3) is 0 Å². The van der Waals surface area contributed by atoms with Crippen molar-refractivity contribution in [2.75, 3.05) is 24.2 Å². The maximum atomic E-state index is 9.80. The zero-order valence-electron chi connectivity index (χ0n) is 11.6. The predicted octanol–water partition coefficient (Wildman–Crippen LogP) is 1.88. The van der Waals surface area contributed by atoms with Crippen molar-refractivity contribution < 1.29 is 9.84 Å². The molecule has 1 atom stereocenters. The second-order valence-corrected chi connectivity index (χ2v) is 5.58. The molecule has 1 saturated carbocycles. The van der Waals surface area contributed by atoms with Crippen LogP contribution in [0.5, 0.6) is 5.88 Å². The molecule has 106 valence electrons. The zero-order valence-corrected chi connectivity index (χ0v) is 11.6. The molecule has 1 fully saturated rings. The van der Waals surface area contributed by atoms with Crippen molar-refractivity contribution in [3.63, 3.8) is 0 Å². The van der Waals surface area contributed by atoms with Crippen molar-refractivity contribution in [1.29, 1.82) is 0 Å². The van der Waals surface area contributed by atoms with E-state index in [0.29, 0.717) is 42.4 Å². The van der Waals surface area contributed by atoms with Crippen LogP contribution < -0.4 is 15.8 Å². The number of nitrogen functional groups attached to an aromatic ring is 1. The Labute approximate surface area is 114 Å². The van der Waals surface area contributed by atoms with Gasteiger partial charge < -0.3 is 20.9 Å². The van der Waals surface area contributed by atoms with Gasteiger partial charge in [-0.2, -0.15) is 4.98 Å². The highest BCUT2D eigenvalue weighted by atomic mass is 16.5. The first kappa shape index (κ1) is 13.9. The Hall–Kier alpha value is -1.49. The van der Waals surface area contributed by atoms with Crippen LogP contribution in [0.1, 0.15) is 26.7 Å². The van der Waals surface area contributed by atoms with Gasteiger partial charge in [0.05, 0.1) is 18.4 Å². The van der Waals surface area contributed by atoms with Gasteiger partial charge in [-0.15, -0.1) is 0 Å². The van der Waals surface area contributed by atoms with Crippen molar-refractivity contribution >= 4 is 11.5 Å². The van der Waals surface area contributed by atoms with E-state index in [2.05, 4.69) is 24.1 Å². The molecule has 0 spiro atoms. The summed E-state index contributed by atoms with van der Waals surface area (Å²) in [6, 6.07) is 3.58. The van der Waals surface area contributed by atoms with Gasteiger partial charge in [0.1, 0.15) is 5.82 Å². The third-order valence-electron chi connectivity index (χ3n) is 3.10. The first-order chi connectivity index (χ1) is 9.06. The molecule has 5 heteroatoms. The standard InChI is InChI=1S/C14H23N3O2/c1-9(2)8-19-14-11(15)5-6-13(17-14)16-7-12(18)10-3-4-10/h5-6,9-10,12,18H,3-4,7-8,15H2,1-2H3,(H,16,17). The lowest BCUT2D eigenvalue weighted by Gasteiger charge is -2.14. The number of aromatic nitrogens is 1. The summed E-state index contributed by atoms with van der Waals surface area (Å²) in [7, 11) is 0. The van der Waals surface area contributed by atoms with E-state index in [1.54, 1.807) is 12.1 Å². The van der Waals surface area contributed by atoms with Gasteiger partial charge in [0.2, 0.25) is 5.88 Å². The van der Waals surface area contributed by atoms with E-state index in [4.69, 9.17) is 10.5 Å². The molecule has 0 radical (unpaired) electrons. The highest BCUT2D eigenvalue weighted by molar-refractivity contribution is 5.53. The molecule has 0 aliphatic heterocycles. The van der Waals surface area contributed by atoms with Crippen LogP contribution in [0.2, 0.25) is 0 Å². The smallest absolute Gasteiger partial charge is 0.239 e. The number of nitrogens with zero attached hydrogens (tertiary/aromatic N) is 1. The number of aliphatic hydroxyl groups is 1. The van der Waals surface area contributed by atoms with Crippen LogP contribution in [-0.4, -0.2) is 29.3 Å². The second-order valence-electron chi connectivity index (χ2n) is 5.58. The maximum Gasteiger partial charge on any atom is 0.239 e. The Balaban J connectivity index is 1.90. The molecule has 4 N–H and O–H groups in total. The number of hydrogen-bond acceptors (Lipinski definition) is 5. The van der Waals surface area contributed by atoms with Crippen molar-refractivity contribution in [3.8, 4) is 5.88 Å². The van der Waals surface area contributed by atoms with Gasteiger partial charge in [0, 0.05) is 6.54 Å². The molecular formula is C14H23N3O2. The molecule has 0 aromatic carbocycles. The van der Waals surface area contributed by atoms with Crippen LogP contribution >= 0.6 is 0 Å². The lowest BCUT2D eigenvalue weighted by Crippen LogP contribution is -2.21. The lowest BCUT2D eigenvalue weighted by atomic mass is 10.2. The number of rotatable bonds is 7. The van der Waals surface area contributed by atoms with Crippen LogP contribution in [-0.2, 0) is 0 Å². The summed E-state index contributed by atoms with van der Waals surface area (Å²) < 4.78 is 5.57. The molecule has 1 heterocycles. The SMILES string of the molecule is CC(C)COc1nc(NCC(O)C2CC2)ccc1N. The molecular weight excluding hydrogens is 242 g/mol. The van der Waals surface area contributed by atoms with Gasteiger partial charge in [0.15, 0.2) is 0 Å². The Kier molecular flexibility index (Phi) is 4.47. The fourth-order valence-corrected chi connectivity index (χ4v) is 1.77. The van der Waals surface area contributed by atoms with Crippen LogP contribution in [0, 0.1) is 11.8 Å². The minimum atomic E-state index is -0.292. The molecule has 1 aromatic heterocycles. The number of nitrogens with one attached hydrogen (secondary N) is 1. The Morgan fingerprint density at radius 1 is 1.47 bits per heavy atom. The van der Waals surface area contributed by atoms with E-state index in [1.165, 1.54) is 0 Å². The first-order valence-corrected chi connectivity index (χ1v) is 6.87. The summed E-state index contributed by atoms with van der Waals surface area (Å²) >= 11 is 0. The molecule has 0 amide bonds. The van der Waals surface area contributed by atoms with Crippen molar-refractivity contribution in [2.45, 2.75) is 32.8 Å². The maximum absolute atomic E-state index is 9.80. The summed E-state index contributed by atoms with van der Waals surface area (Å²) in [6.45, 7) is 5.26. The molecule has 1 aromatic rings. The fourth-order valence-electron chi connectivity index (χ4n) is 1.77. The minimum absolute atomic E-state index is 0.292. The average molecular weight is 265 g/mol. The van der Waals surface area contributed by atoms with E-state index < -0.39 is 0 Å². The molecule has 0 bridgehead atoms. The van der Waals surface area contributed by atoms with Crippen LogP contribution in [0.3, 0.4) is 0 Å². The third kappa shape index (κ3) is 4.28. The lowest BCUT2D eigenvalue weighted by molar-refractivity contribution is 0.164. The molecule has 1 aliphatic rings. The highest BCUT2D eigenvalue weighted by Gasteiger charge is 2.29. The molecule has 5 nitrogen and oxygen atoms in total. The van der Waals surface area contributed by atoms with Gasteiger partial charge in [-0.25, -0.2) is 0 Å². The van der Waals surface area contributed by atoms with E-state index in [-0.39, 0.29) is 6.10 Å². The fraction of sp³-hybridized carbons (Fsp3) is 0.643. The van der Waals surface area contributed by atoms with Crippen LogP contribution in [0.25, 0.3) is 0 Å². The van der Waals surface area contributed by atoms with E-state index in [1.807, 2.05) is 0 Å². The van der Waals surface area contributed by atoms with E-state index in [9.17, 15) is 5.11 Å². The molecule has 1 unspecified atom stereocenters. The number of aliphatic hydroxyl groups excluding tert-OH is 1. The number of pyridine rings is 1. The number of hydrogen-bond donors (Lipinski definition) is 3. The summed E-state index contributed by atoms with van der Waals surface area (Å²) in [5.41, 5.74) is 6.36.